The maximum Gasteiger partial charge on any atom is 0.585 e. The lowest BCUT2D eigenvalue weighted by Gasteiger charge is -2.18. The smallest absolute Gasteiger partial charge is 0.490 e. The SMILES string of the molecule is CCCCCCCCCCCCCCOc1cccc(OP(=O)(O)Oc2cccc(C[n+]3csc(CC)c3)c2)c1OC. The number of ether oxygens (including phenoxy) is 2. The monoisotopic (exact) mass is 618 g/mol. The Kier molecular flexibility index (Phi) is 15.3. The van der Waals surface area contributed by atoms with Gasteiger partial charge >= 0.3 is 7.82 Å². The van der Waals surface area contributed by atoms with Gasteiger partial charge in [0.15, 0.2) is 24.2 Å². The van der Waals surface area contributed by atoms with Gasteiger partial charge < -0.3 is 18.5 Å². The van der Waals surface area contributed by atoms with Crippen LogP contribution in [-0.2, 0) is 17.5 Å². The van der Waals surface area contributed by atoms with Crippen molar-refractivity contribution >= 4 is 19.2 Å². The fourth-order valence-corrected chi connectivity index (χ4v) is 6.41. The molecule has 0 amide bonds. The van der Waals surface area contributed by atoms with Gasteiger partial charge in [0.05, 0.1) is 18.6 Å². The molecule has 0 bridgehead atoms. The number of phosphoric ester groups is 1. The van der Waals surface area contributed by atoms with Crippen LogP contribution in [0.25, 0.3) is 0 Å². The van der Waals surface area contributed by atoms with Gasteiger partial charge in [0, 0.05) is 5.56 Å². The van der Waals surface area contributed by atoms with Gasteiger partial charge in [0.25, 0.3) is 0 Å². The van der Waals surface area contributed by atoms with Crippen LogP contribution in [0.15, 0.2) is 54.2 Å². The summed E-state index contributed by atoms with van der Waals surface area (Å²) in [6, 6.07) is 12.2. The zero-order valence-electron chi connectivity index (χ0n) is 25.6. The summed E-state index contributed by atoms with van der Waals surface area (Å²) in [6.07, 6.45) is 18.4. The van der Waals surface area contributed by atoms with Crippen molar-refractivity contribution in [1.29, 1.82) is 0 Å². The largest absolute Gasteiger partial charge is 0.585 e. The van der Waals surface area contributed by atoms with Crippen LogP contribution in [0.2, 0.25) is 0 Å². The number of unbranched alkanes of at least 4 members (excludes halogenated alkanes) is 11. The van der Waals surface area contributed by atoms with Crippen LogP contribution in [0, 0.1) is 0 Å². The Morgan fingerprint density at radius 1 is 0.833 bits per heavy atom. The first-order valence-corrected chi connectivity index (χ1v) is 17.9. The van der Waals surface area contributed by atoms with Crippen molar-refractivity contribution in [3.8, 4) is 23.0 Å². The summed E-state index contributed by atoms with van der Waals surface area (Å²) in [5, 5.41) is 0. The number of thiazole rings is 1. The quantitative estimate of drug-likeness (QED) is 0.0687. The molecule has 3 rings (SSSR count). The van der Waals surface area contributed by atoms with Crippen molar-refractivity contribution in [1.82, 2.24) is 0 Å². The summed E-state index contributed by atoms with van der Waals surface area (Å²) in [7, 11) is -3.02. The van der Waals surface area contributed by atoms with E-state index < -0.39 is 7.82 Å². The molecule has 3 aromatic rings. The van der Waals surface area contributed by atoms with Crippen LogP contribution in [0.3, 0.4) is 0 Å². The maximum absolute atomic E-state index is 12.9. The molecule has 0 spiro atoms. The van der Waals surface area contributed by atoms with E-state index in [2.05, 4.69) is 30.1 Å². The Balaban J connectivity index is 1.43. The van der Waals surface area contributed by atoms with Crippen molar-refractivity contribution < 1.29 is 32.5 Å². The minimum Gasteiger partial charge on any atom is -0.490 e. The standard InChI is InChI=1S/C33H48NO6PS/c1-4-6-7-8-9-10-11-12-13-14-15-16-23-38-31-21-18-22-32(33(31)37-3)40-41(35,36)39-29-20-17-19-28(24-29)25-34-26-30(5-2)42-27-34/h17-22,24,26-27H,4-16,23,25H2,1-3H3/p+1. The van der Waals surface area contributed by atoms with E-state index in [0.717, 1.165) is 24.8 Å². The molecule has 0 radical (unpaired) electrons. The number of aromatic nitrogens is 1. The van der Waals surface area contributed by atoms with Crippen molar-refractivity contribution in [2.24, 2.45) is 0 Å². The van der Waals surface area contributed by atoms with Gasteiger partial charge in [-0.05, 0) is 37.1 Å². The summed E-state index contributed by atoms with van der Waals surface area (Å²) < 4.78 is 37.3. The zero-order valence-corrected chi connectivity index (χ0v) is 27.3. The number of para-hydroxylation sites is 1. The van der Waals surface area contributed by atoms with Gasteiger partial charge in [-0.2, -0.15) is 4.57 Å². The molecule has 1 unspecified atom stereocenters. The van der Waals surface area contributed by atoms with E-state index in [4.69, 9.17) is 18.5 Å². The summed E-state index contributed by atoms with van der Waals surface area (Å²) >= 11 is 1.71. The molecule has 1 aromatic heterocycles. The molecule has 232 valence electrons. The van der Waals surface area contributed by atoms with Crippen LogP contribution in [0.4, 0.5) is 0 Å². The molecular weight excluding hydrogens is 569 g/mol. The average Bonchev–Trinajstić information content (AvgIpc) is 3.42. The number of rotatable bonds is 22. The lowest BCUT2D eigenvalue weighted by Crippen LogP contribution is -2.30. The molecule has 9 heteroatoms. The van der Waals surface area contributed by atoms with Gasteiger partial charge in [-0.15, -0.1) is 0 Å². The molecule has 42 heavy (non-hydrogen) atoms. The Labute approximate surface area is 256 Å². The number of benzene rings is 2. The molecule has 0 saturated carbocycles. The second-order valence-electron chi connectivity index (χ2n) is 10.7. The van der Waals surface area contributed by atoms with Crippen LogP contribution >= 0.6 is 19.2 Å². The number of hydrogen-bond donors (Lipinski definition) is 1. The highest BCUT2D eigenvalue weighted by molar-refractivity contribution is 7.48. The molecule has 0 aliphatic heterocycles. The molecule has 1 atom stereocenters. The summed E-state index contributed by atoms with van der Waals surface area (Å²) in [5.41, 5.74) is 3.01. The lowest BCUT2D eigenvalue weighted by atomic mass is 10.1. The van der Waals surface area contributed by atoms with Crippen LogP contribution < -0.4 is 23.1 Å². The Bertz CT molecular complexity index is 1230. The second kappa shape index (κ2) is 18.9. The third kappa shape index (κ3) is 12.4. The predicted molar refractivity (Wildman–Crippen MR) is 170 cm³/mol. The molecule has 0 aliphatic carbocycles. The van der Waals surface area contributed by atoms with Gasteiger partial charge in [-0.3, -0.25) is 4.89 Å². The first-order valence-electron chi connectivity index (χ1n) is 15.5. The van der Waals surface area contributed by atoms with E-state index in [-0.39, 0.29) is 17.2 Å². The zero-order chi connectivity index (χ0) is 30.0. The third-order valence-corrected chi connectivity index (χ3v) is 9.04. The summed E-state index contributed by atoms with van der Waals surface area (Å²) in [4.78, 5) is 11.9. The van der Waals surface area contributed by atoms with Gasteiger partial charge in [0.1, 0.15) is 5.75 Å². The van der Waals surface area contributed by atoms with Gasteiger partial charge in [-0.1, -0.05) is 114 Å². The number of phosphoric acid groups is 1. The Morgan fingerprint density at radius 2 is 1.48 bits per heavy atom. The minimum atomic E-state index is -4.50. The van der Waals surface area contributed by atoms with E-state index in [1.165, 1.54) is 76.2 Å². The molecule has 7 nitrogen and oxygen atoms in total. The van der Waals surface area contributed by atoms with Crippen molar-refractivity contribution in [3.63, 3.8) is 0 Å². The highest BCUT2D eigenvalue weighted by atomic mass is 32.1. The van der Waals surface area contributed by atoms with Crippen LogP contribution in [-0.4, -0.2) is 18.6 Å². The number of hydrogen-bond acceptors (Lipinski definition) is 6. The van der Waals surface area contributed by atoms with Gasteiger partial charge in [-0.25, -0.2) is 4.57 Å². The Morgan fingerprint density at radius 3 is 2.12 bits per heavy atom. The molecule has 1 heterocycles. The predicted octanol–water partition coefficient (Wildman–Crippen LogP) is 9.29. The first-order chi connectivity index (χ1) is 20.4. The summed E-state index contributed by atoms with van der Waals surface area (Å²) in [5.74, 6) is 1.08. The van der Waals surface area contributed by atoms with Gasteiger partial charge in [0.2, 0.25) is 11.3 Å². The second-order valence-corrected chi connectivity index (χ2v) is 12.9. The van der Waals surface area contributed by atoms with Crippen molar-refractivity contribution in [2.75, 3.05) is 13.7 Å². The van der Waals surface area contributed by atoms with E-state index >= 15 is 0 Å². The van der Waals surface area contributed by atoms with Crippen molar-refractivity contribution in [3.05, 3.63) is 64.6 Å². The normalized spacial score (nSPS) is 12.6. The van der Waals surface area contributed by atoms with Crippen LogP contribution in [0.5, 0.6) is 23.0 Å². The topological polar surface area (TPSA) is 78.1 Å². The fourth-order valence-electron chi connectivity index (χ4n) is 4.83. The summed E-state index contributed by atoms with van der Waals surface area (Å²) in [6.45, 7) is 5.56. The van der Waals surface area contributed by atoms with Crippen molar-refractivity contribution in [2.45, 2.75) is 104 Å². The maximum atomic E-state index is 12.9. The minimum absolute atomic E-state index is 0.0904. The molecule has 0 saturated heterocycles. The van der Waals surface area contributed by atoms with E-state index in [0.29, 0.717) is 18.9 Å². The third-order valence-electron chi connectivity index (χ3n) is 7.10. The first kappa shape index (κ1) is 34.0. The number of methoxy groups -OCH3 is 1. The molecule has 2 aromatic carbocycles. The average molecular weight is 619 g/mol. The van der Waals surface area contributed by atoms with E-state index in [1.807, 2.05) is 6.07 Å². The lowest BCUT2D eigenvalue weighted by molar-refractivity contribution is -0.683. The highest BCUT2D eigenvalue weighted by Crippen LogP contribution is 2.49. The molecule has 0 fully saturated rings. The fraction of sp³-hybridized carbons (Fsp3) is 0.545. The number of nitrogens with zero attached hydrogens (tertiary/aromatic N) is 1. The van der Waals surface area contributed by atoms with E-state index in [1.54, 1.807) is 47.7 Å². The Hall–Kier alpha value is -2.54. The molecule has 0 aliphatic rings. The van der Waals surface area contributed by atoms with Crippen LogP contribution in [0.1, 0.15) is 101 Å². The number of aryl methyl sites for hydroxylation is 1. The molecule has 1 N–H and O–H groups in total. The highest BCUT2D eigenvalue weighted by Gasteiger charge is 2.28. The van der Waals surface area contributed by atoms with E-state index in [9.17, 15) is 9.46 Å². The molecular formula is C33H49NO6PS+.